The van der Waals surface area contributed by atoms with Crippen molar-refractivity contribution in [1.29, 1.82) is 0 Å². The van der Waals surface area contributed by atoms with Crippen LogP contribution in [-0.2, 0) is 4.79 Å². The minimum atomic E-state index is -0.219. The zero-order chi connectivity index (χ0) is 22.2. The summed E-state index contributed by atoms with van der Waals surface area (Å²) in [5, 5.41) is 7.89. The second-order valence-corrected chi connectivity index (χ2v) is 9.14. The van der Waals surface area contributed by atoms with Crippen LogP contribution >= 0.6 is 11.6 Å². The molecule has 0 aromatic heterocycles. The molecule has 0 spiro atoms. The molecule has 2 atom stereocenters. The topological polar surface area (TPSA) is 44.4 Å². The molecular formula is C27H26ClN3O. The first kappa shape index (κ1) is 20.7. The molecule has 2 unspecified atom stereocenters. The van der Waals surface area contributed by atoms with Gasteiger partial charge in [-0.1, -0.05) is 48.0 Å². The highest BCUT2D eigenvalue weighted by Gasteiger charge is 2.36. The summed E-state index contributed by atoms with van der Waals surface area (Å²) in [6.45, 7) is 0. The van der Waals surface area contributed by atoms with E-state index in [1.54, 1.807) is 0 Å². The van der Waals surface area contributed by atoms with Crippen molar-refractivity contribution in [1.82, 2.24) is 0 Å². The van der Waals surface area contributed by atoms with Crippen LogP contribution in [0.1, 0.15) is 35.9 Å². The molecule has 0 saturated carbocycles. The van der Waals surface area contributed by atoms with E-state index in [0.29, 0.717) is 11.4 Å². The molecule has 0 radical (unpaired) electrons. The number of fused-ring (bicyclic) bond motifs is 1. The molecule has 2 aliphatic rings. The molecule has 0 bridgehead atoms. The summed E-state index contributed by atoms with van der Waals surface area (Å²) in [5.41, 5.74) is 7.19. The summed E-state index contributed by atoms with van der Waals surface area (Å²) in [6, 6.07) is 24.2. The Bertz CT molecular complexity index is 1180. The summed E-state index contributed by atoms with van der Waals surface area (Å²) < 4.78 is 0. The highest BCUT2D eigenvalue weighted by atomic mass is 35.5. The number of carbonyl (C=O) groups excluding carboxylic acids is 1. The summed E-state index contributed by atoms with van der Waals surface area (Å²) in [5.74, 6) is 0.335. The van der Waals surface area contributed by atoms with E-state index in [0.717, 1.165) is 40.3 Å². The van der Waals surface area contributed by atoms with E-state index in [4.69, 9.17) is 11.6 Å². The second-order valence-electron chi connectivity index (χ2n) is 8.71. The number of hydrogen-bond acceptors (Lipinski definition) is 4. The van der Waals surface area contributed by atoms with Crippen molar-refractivity contribution in [2.24, 2.45) is 0 Å². The van der Waals surface area contributed by atoms with E-state index >= 15 is 0 Å². The van der Waals surface area contributed by atoms with Gasteiger partial charge in [-0.3, -0.25) is 4.79 Å². The number of ketones is 1. The number of benzene rings is 3. The number of anilines is 3. The fraction of sp³-hybridized carbons (Fsp3) is 0.222. The predicted molar refractivity (Wildman–Crippen MR) is 133 cm³/mol. The van der Waals surface area contributed by atoms with Crippen molar-refractivity contribution in [3.63, 3.8) is 0 Å². The van der Waals surface area contributed by atoms with Gasteiger partial charge in [0.05, 0.1) is 17.4 Å². The Labute approximate surface area is 193 Å². The van der Waals surface area contributed by atoms with Crippen LogP contribution in [0.5, 0.6) is 0 Å². The molecule has 3 aromatic rings. The largest absolute Gasteiger partial charge is 0.378 e. The van der Waals surface area contributed by atoms with Crippen molar-refractivity contribution < 1.29 is 4.79 Å². The van der Waals surface area contributed by atoms with Gasteiger partial charge in [-0.05, 0) is 59.9 Å². The van der Waals surface area contributed by atoms with Gasteiger partial charge in [0.2, 0.25) is 0 Å². The van der Waals surface area contributed by atoms with Gasteiger partial charge >= 0.3 is 0 Å². The Balaban J connectivity index is 1.55. The lowest BCUT2D eigenvalue weighted by Crippen LogP contribution is -2.26. The van der Waals surface area contributed by atoms with Crippen molar-refractivity contribution in [2.75, 3.05) is 29.6 Å². The van der Waals surface area contributed by atoms with Gasteiger partial charge in [0.15, 0.2) is 5.78 Å². The first-order valence-corrected chi connectivity index (χ1v) is 11.3. The van der Waals surface area contributed by atoms with E-state index < -0.39 is 0 Å². The lowest BCUT2D eigenvalue weighted by Gasteiger charge is -2.30. The molecule has 0 saturated heterocycles. The van der Waals surface area contributed by atoms with Crippen molar-refractivity contribution in [3.8, 4) is 0 Å². The van der Waals surface area contributed by atoms with Gasteiger partial charge in [0.25, 0.3) is 0 Å². The lowest BCUT2D eigenvalue weighted by atomic mass is 9.78. The molecule has 1 aliphatic heterocycles. The number of halogens is 1. The molecule has 5 rings (SSSR count). The number of Topliss-reactive ketones (excluding diaryl/α,β-unsaturated/α-hetero) is 1. The average Bonchev–Trinajstić information content (AvgIpc) is 2.96. The zero-order valence-corrected chi connectivity index (χ0v) is 19.0. The molecular weight excluding hydrogens is 418 g/mol. The molecule has 2 N–H and O–H groups in total. The van der Waals surface area contributed by atoms with Crippen LogP contribution in [0.25, 0.3) is 0 Å². The number of hydrogen-bond donors (Lipinski definition) is 2. The molecule has 4 nitrogen and oxygen atoms in total. The molecule has 1 heterocycles. The number of rotatable bonds is 3. The number of para-hydroxylation sites is 2. The summed E-state index contributed by atoms with van der Waals surface area (Å²) in [7, 11) is 4.07. The Morgan fingerprint density at radius 2 is 1.50 bits per heavy atom. The second kappa shape index (κ2) is 8.36. The minimum Gasteiger partial charge on any atom is -0.378 e. The van der Waals surface area contributed by atoms with Gasteiger partial charge < -0.3 is 15.5 Å². The van der Waals surface area contributed by atoms with Gasteiger partial charge in [-0.15, -0.1) is 0 Å². The normalized spacial score (nSPS) is 19.9. The molecule has 0 amide bonds. The minimum absolute atomic E-state index is 0.154. The SMILES string of the molecule is CN(C)c1ccc(C2CC(=O)C3=C(C2)Nc2ccccc2NC3c2ccc(Cl)cc2)cc1. The van der Waals surface area contributed by atoms with Gasteiger partial charge in [-0.2, -0.15) is 0 Å². The predicted octanol–water partition coefficient (Wildman–Crippen LogP) is 6.39. The standard InChI is InChI=1S/C27H26ClN3O/c1-31(2)21-13-9-17(10-14-21)19-15-24-26(25(32)16-19)27(18-7-11-20(28)12-8-18)30-23-6-4-3-5-22(23)29-24/h3-14,19,27,29-30H,15-16H2,1-2H3. The lowest BCUT2D eigenvalue weighted by molar-refractivity contribution is -0.116. The average molecular weight is 444 g/mol. The molecule has 3 aromatic carbocycles. The Morgan fingerprint density at radius 1 is 0.844 bits per heavy atom. The monoisotopic (exact) mass is 443 g/mol. The Hall–Kier alpha value is -3.24. The fourth-order valence-corrected chi connectivity index (χ4v) is 4.80. The third kappa shape index (κ3) is 3.87. The third-order valence-electron chi connectivity index (χ3n) is 6.39. The van der Waals surface area contributed by atoms with Gasteiger partial charge in [0.1, 0.15) is 0 Å². The smallest absolute Gasteiger partial charge is 0.163 e. The summed E-state index contributed by atoms with van der Waals surface area (Å²) in [6.07, 6.45) is 1.30. The van der Waals surface area contributed by atoms with Crippen LogP contribution in [0.15, 0.2) is 84.1 Å². The number of allylic oxidation sites excluding steroid dienone is 1. The highest BCUT2D eigenvalue weighted by molar-refractivity contribution is 6.30. The number of nitrogens with zero attached hydrogens (tertiary/aromatic N) is 1. The quantitative estimate of drug-likeness (QED) is 0.492. The van der Waals surface area contributed by atoms with Crippen LogP contribution in [0.2, 0.25) is 5.02 Å². The number of nitrogens with one attached hydrogen (secondary N) is 2. The number of carbonyl (C=O) groups is 1. The Kier molecular flexibility index (Phi) is 5.40. The Morgan fingerprint density at radius 3 is 2.19 bits per heavy atom. The fourth-order valence-electron chi connectivity index (χ4n) is 4.68. The summed E-state index contributed by atoms with van der Waals surface area (Å²) >= 11 is 6.13. The van der Waals surface area contributed by atoms with Crippen LogP contribution in [0.4, 0.5) is 17.1 Å². The first-order chi connectivity index (χ1) is 15.5. The van der Waals surface area contributed by atoms with Crippen LogP contribution < -0.4 is 15.5 Å². The maximum atomic E-state index is 13.6. The van der Waals surface area contributed by atoms with Gasteiger partial charge in [-0.25, -0.2) is 0 Å². The van der Waals surface area contributed by atoms with Gasteiger partial charge in [0, 0.05) is 42.5 Å². The maximum absolute atomic E-state index is 13.6. The van der Waals surface area contributed by atoms with Crippen LogP contribution in [0.3, 0.4) is 0 Å². The van der Waals surface area contributed by atoms with Crippen molar-refractivity contribution in [2.45, 2.75) is 24.8 Å². The molecule has 5 heteroatoms. The molecule has 162 valence electrons. The van der Waals surface area contributed by atoms with Crippen molar-refractivity contribution >= 4 is 34.4 Å². The highest BCUT2D eigenvalue weighted by Crippen LogP contribution is 2.44. The van der Waals surface area contributed by atoms with E-state index in [-0.39, 0.29) is 17.7 Å². The molecule has 0 fully saturated rings. The first-order valence-electron chi connectivity index (χ1n) is 10.9. The summed E-state index contributed by atoms with van der Waals surface area (Å²) in [4.78, 5) is 15.7. The maximum Gasteiger partial charge on any atom is 0.163 e. The zero-order valence-electron chi connectivity index (χ0n) is 18.2. The van der Waals surface area contributed by atoms with Crippen LogP contribution in [0, 0.1) is 0 Å². The molecule has 1 aliphatic carbocycles. The molecule has 32 heavy (non-hydrogen) atoms. The van der Waals surface area contributed by atoms with E-state index in [9.17, 15) is 4.79 Å². The van der Waals surface area contributed by atoms with Crippen molar-refractivity contribution in [3.05, 3.63) is 100 Å². The van der Waals surface area contributed by atoms with E-state index in [1.165, 1.54) is 5.56 Å². The van der Waals surface area contributed by atoms with E-state index in [1.807, 2.05) is 56.6 Å². The van der Waals surface area contributed by atoms with E-state index in [2.05, 4.69) is 45.9 Å². The van der Waals surface area contributed by atoms with Crippen LogP contribution in [-0.4, -0.2) is 19.9 Å². The third-order valence-corrected chi connectivity index (χ3v) is 6.65.